The Morgan fingerprint density at radius 1 is 1.29 bits per heavy atom. The molecule has 1 heterocycles. The van der Waals surface area contributed by atoms with Crippen LogP contribution in [0.3, 0.4) is 0 Å². The molecule has 1 N–H and O–H groups in total. The second kappa shape index (κ2) is 4.71. The van der Waals surface area contributed by atoms with Crippen molar-refractivity contribution in [2.45, 2.75) is 32.7 Å². The normalized spacial score (nSPS) is 12.2. The van der Waals surface area contributed by atoms with Crippen LogP contribution >= 0.6 is 11.6 Å². The van der Waals surface area contributed by atoms with Crippen molar-refractivity contribution in [1.82, 2.24) is 5.32 Å². The number of hydrogen-bond acceptors (Lipinski definition) is 2. The largest absolute Gasteiger partial charge is 0.464 e. The van der Waals surface area contributed by atoms with E-state index >= 15 is 0 Å². The Labute approximate surface area is 107 Å². The SMILES string of the molecule is CC(C)(C)NCCc1coc2ccc(Cl)cc12. The molecule has 2 aromatic rings. The van der Waals surface area contributed by atoms with E-state index in [0.717, 1.165) is 29.0 Å². The van der Waals surface area contributed by atoms with Gasteiger partial charge in [0.2, 0.25) is 0 Å². The Bertz CT molecular complexity index is 510. The molecule has 0 aliphatic rings. The summed E-state index contributed by atoms with van der Waals surface area (Å²) in [5, 5.41) is 5.34. The van der Waals surface area contributed by atoms with Crippen molar-refractivity contribution in [2.24, 2.45) is 0 Å². The highest BCUT2D eigenvalue weighted by atomic mass is 35.5. The molecule has 3 heteroatoms. The second-order valence-corrected chi connectivity index (χ2v) is 5.76. The van der Waals surface area contributed by atoms with Gasteiger partial charge in [0.15, 0.2) is 0 Å². The van der Waals surface area contributed by atoms with Crippen molar-refractivity contribution in [3.8, 4) is 0 Å². The number of furan rings is 1. The number of hydrogen-bond donors (Lipinski definition) is 1. The molecule has 0 fully saturated rings. The van der Waals surface area contributed by atoms with E-state index in [4.69, 9.17) is 16.0 Å². The molecule has 1 aromatic heterocycles. The van der Waals surface area contributed by atoms with Gasteiger partial charge in [-0.2, -0.15) is 0 Å². The molecule has 0 unspecified atom stereocenters. The lowest BCUT2D eigenvalue weighted by molar-refractivity contribution is 0.429. The van der Waals surface area contributed by atoms with E-state index < -0.39 is 0 Å². The zero-order valence-corrected chi connectivity index (χ0v) is 11.3. The van der Waals surface area contributed by atoms with Gasteiger partial charge in [0.05, 0.1) is 6.26 Å². The molecule has 0 amide bonds. The summed E-state index contributed by atoms with van der Waals surface area (Å²) < 4.78 is 5.50. The summed E-state index contributed by atoms with van der Waals surface area (Å²) in [6.07, 6.45) is 2.77. The summed E-state index contributed by atoms with van der Waals surface area (Å²) in [5.74, 6) is 0. The van der Waals surface area contributed by atoms with Gasteiger partial charge in [0.1, 0.15) is 5.58 Å². The van der Waals surface area contributed by atoms with Crippen LogP contribution in [0.4, 0.5) is 0 Å². The Morgan fingerprint density at radius 3 is 2.76 bits per heavy atom. The van der Waals surface area contributed by atoms with Crippen LogP contribution in [-0.4, -0.2) is 12.1 Å². The summed E-state index contributed by atoms with van der Waals surface area (Å²) in [5.41, 5.74) is 2.26. The molecule has 1 aromatic carbocycles. The third-order valence-corrected chi connectivity index (χ3v) is 2.90. The standard InChI is InChI=1S/C14H18ClNO/c1-14(2,3)16-7-6-10-9-17-13-5-4-11(15)8-12(10)13/h4-5,8-9,16H,6-7H2,1-3H3. The first-order valence-electron chi connectivity index (χ1n) is 5.86. The summed E-state index contributed by atoms with van der Waals surface area (Å²) in [4.78, 5) is 0. The summed E-state index contributed by atoms with van der Waals surface area (Å²) in [7, 11) is 0. The van der Waals surface area contributed by atoms with Crippen LogP contribution in [0.1, 0.15) is 26.3 Å². The highest BCUT2D eigenvalue weighted by Crippen LogP contribution is 2.24. The van der Waals surface area contributed by atoms with Crippen LogP contribution in [0, 0.1) is 0 Å². The molecule has 0 saturated carbocycles. The van der Waals surface area contributed by atoms with Gasteiger partial charge >= 0.3 is 0 Å². The predicted molar refractivity (Wildman–Crippen MR) is 72.7 cm³/mol. The third-order valence-electron chi connectivity index (χ3n) is 2.67. The lowest BCUT2D eigenvalue weighted by atomic mass is 10.1. The Kier molecular flexibility index (Phi) is 3.45. The topological polar surface area (TPSA) is 25.2 Å². The molecule has 0 aliphatic heterocycles. The first-order valence-corrected chi connectivity index (χ1v) is 6.24. The molecule has 17 heavy (non-hydrogen) atoms. The first-order chi connectivity index (χ1) is 7.96. The molecule has 0 aliphatic carbocycles. The lowest BCUT2D eigenvalue weighted by Gasteiger charge is -2.20. The Balaban J connectivity index is 2.11. The molecule has 2 rings (SSSR count). The van der Waals surface area contributed by atoms with Crippen molar-refractivity contribution < 1.29 is 4.42 Å². The maximum atomic E-state index is 6.00. The minimum Gasteiger partial charge on any atom is -0.464 e. The van der Waals surface area contributed by atoms with E-state index in [2.05, 4.69) is 26.1 Å². The molecule has 0 spiro atoms. The quantitative estimate of drug-likeness (QED) is 0.892. The number of nitrogens with one attached hydrogen (secondary N) is 1. The van der Waals surface area contributed by atoms with Crippen molar-refractivity contribution in [2.75, 3.05) is 6.54 Å². The van der Waals surface area contributed by atoms with Crippen LogP contribution in [0.5, 0.6) is 0 Å². The molecule has 0 saturated heterocycles. The molecule has 92 valence electrons. The minimum absolute atomic E-state index is 0.150. The van der Waals surface area contributed by atoms with E-state index in [9.17, 15) is 0 Å². The van der Waals surface area contributed by atoms with Crippen LogP contribution in [0.25, 0.3) is 11.0 Å². The van der Waals surface area contributed by atoms with Crippen LogP contribution in [0.15, 0.2) is 28.9 Å². The van der Waals surface area contributed by atoms with Crippen molar-refractivity contribution in [3.05, 3.63) is 35.0 Å². The summed E-state index contributed by atoms with van der Waals surface area (Å²) in [6, 6.07) is 5.73. The van der Waals surface area contributed by atoms with Crippen LogP contribution in [0.2, 0.25) is 5.02 Å². The zero-order valence-electron chi connectivity index (χ0n) is 10.5. The molecular formula is C14H18ClNO. The number of halogens is 1. The average Bonchev–Trinajstić information content (AvgIpc) is 2.59. The number of fused-ring (bicyclic) bond motifs is 1. The zero-order chi connectivity index (χ0) is 12.5. The molecular weight excluding hydrogens is 234 g/mol. The van der Waals surface area contributed by atoms with Crippen molar-refractivity contribution >= 4 is 22.6 Å². The molecule has 2 nitrogen and oxygen atoms in total. The van der Waals surface area contributed by atoms with Gasteiger partial charge in [-0.15, -0.1) is 0 Å². The predicted octanol–water partition coefficient (Wildman–Crippen LogP) is 4.02. The van der Waals surface area contributed by atoms with Gasteiger partial charge < -0.3 is 9.73 Å². The van der Waals surface area contributed by atoms with Gasteiger partial charge in [-0.3, -0.25) is 0 Å². The van der Waals surface area contributed by atoms with Gasteiger partial charge in [0, 0.05) is 15.9 Å². The second-order valence-electron chi connectivity index (χ2n) is 5.33. The fourth-order valence-electron chi connectivity index (χ4n) is 1.82. The number of benzene rings is 1. The van der Waals surface area contributed by atoms with E-state index in [1.165, 1.54) is 5.56 Å². The smallest absolute Gasteiger partial charge is 0.134 e. The van der Waals surface area contributed by atoms with Gasteiger partial charge in [-0.05, 0) is 57.5 Å². The highest BCUT2D eigenvalue weighted by Gasteiger charge is 2.10. The van der Waals surface area contributed by atoms with E-state index in [1.54, 1.807) is 0 Å². The molecule has 0 atom stereocenters. The fourth-order valence-corrected chi connectivity index (χ4v) is 1.99. The fraction of sp³-hybridized carbons (Fsp3) is 0.429. The maximum absolute atomic E-state index is 6.00. The van der Waals surface area contributed by atoms with E-state index in [1.807, 2.05) is 24.5 Å². The van der Waals surface area contributed by atoms with Crippen molar-refractivity contribution in [1.29, 1.82) is 0 Å². The Morgan fingerprint density at radius 2 is 2.06 bits per heavy atom. The van der Waals surface area contributed by atoms with Gasteiger partial charge in [0.25, 0.3) is 0 Å². The summed E-state index contributed by atoms with van der Waals surface area (Å²) in [6.45, 7) is 7.43. The number of rotatable bonds is 3. The maximum Gasteiger partial charge on any atom is 0.134 e. The minimum atomic E-state index is 0.150. The third kappa shape index (κ3) is 3.24. The molecule has 0 bridgehead atoms. The lowest BCUT2D eigenvalue weighted by Crippen LogP contribution is -2.37. The van der Waals surface area contributed by atoms with Gasteiger partial charge in [-0.25, -0.2) is 0 Å². The summed E-state index contributed by atoms with van der Waals surface area (Å²) >= 11 is 6.00. The van der Waals surface area contributed by atoms with Crippen LogP contribution < -0.4 is 5.32 Å². The van der Waals surface area contributed by atoms with E-state index in [-0.39, 0.29) is 5.54 Å². The van der Waals surface area contributed by atoms with Crippen molar-refractivity contribution in [3.63, 3.8) is 0 Å². The first kappa shape index (κ1) is 12.5. The monoisotopic (exact) mass is 251 g/mol. The molecule has 0 radical (unpaired) electrons. The van der Waals surface area contributed by atoms with Crippen LogP contribution in [-0.2, 0) is 6.42 Å². The Hall–Kier alpha value is -0.990. The highest BCUT2D eigenvalue weighted by molar-refractivity contribution is 6.31. The van der Waals surface area contributed by atoms with Gasteiger partial charge in [-0.1, -0.05) is 11.6 Å². The van der Waals surface area contributed by atoms with E-state index in [0.29, 0.717) is 0 Å². The average molecular weight is 252 g/mol.